The van der Waals surface area contributed by atoms with Gasteiger partial charge in [-0.15, -0.1) is 0 Å². The highest BCUT2D eigenvalue weighted by Gasteiger charge is 2.30. The molecule has 0 aromatic heterocycles. The second-order valence-electron chi connectivity index (χ2n) is 5.98. The van der Waals surface area contributed by atoms with E-state index in [0.29, 0.717) is 6.04 Å². The molecule has 24 heavy (non-hydrogen) atoms. The summed E-state index contributed by atoms with van der Waals surface area (Å²) in [6.45, 7) is 5.46. The number of fused-ring (bicyclic) bond motifs is 1. The highest BCUT2D eigenvalue weighted by molar-refractivity contribution is 6.00. The van der Waals surface area contributed by atoms with Crippen molar-refractivity contribution >= 4 is 5.71 Å². The van der Waals surface area contributed by atoms with Crippen molar-refractivity contribution in [1.29, 1.82) is 0 Å². The Balaban J connectivity index is 0.00000208. The Morgan fingerprint density at radius 3 is 2.38 bits per heavy atom. The van der Waals surface area contributed by atoms with Gasteiger partial charge >= 0.3 is 0 Å². The van der Waals surface area contributed by atoms with Crippen molar-refractivity contribution in [2.45, 2.75) is 26.3 Å². The van der Waals surface area contributed by atoms with Crippen LogP contribution in [0, 0.1) is 0 Å². The smallest absolute Gasteiger partial charge is 0.184 e. The fourth-order valence-electron chi connectivity index (χ4n) is 3.48. The summed E-state index contributed by atoms with van der Waals surface area (Å²) in [5, 5.41) is 0. The molecule has 2 aromatic carbocycles. The Hall–Kier alpha value is -2.00. The number of benzene rings is 2. The van der Waals surface area contributed by atoms with E-state index in [1.807, 2.05) is 6.07 Å². The highest BCUT2D eigenvalue weighted by Crippen LogP contribution is 2.33. The number of hydrogen-bond donors (Lipinski definition) is 0. The van der Waals surface area contributed by atoms with E-state index in [4.69, 9.17) is 9.47 Å². The minimum atomic E-state index is 0. The van der Waals surface area contributed by atoms with Crippen LogP contribution in [0.1, 0.15) is 36.6 Å². The summed E-state index contributed by atoms with van der Waals surface area (Å²) in [7, 11) is 3.42. The van der Waals surface area contributed by atoms with Crippen LogP contribution in [0.5, 0.6) is 11.5 Å². The van der Waals surface area contributed by atoms with Crippen molar-refractivity contribution in [3.63, 3.8) is 0 Å². The van der Waals surface area contributed by atoms with Gasteiger partial charge in [0, 0.05) is 31.9 Å². The molecular formula is C20H24ClNO2. The molecule has 3 rings (SSSR count). The van der Waals surface area contributed by atoms with E-state index in [2.05, 4.69) is 54.8 Å². The van der Waals surface area contributed by atoms with Gasteiger partial charge in [0.2, 0.25) is 0 Å². The molecule has 0 bridgehead atoms. The van der Waals surface area contributed by atoms with E-state index in [1.54, 1.807) is 14.2 Å². The number of ether oxygens (including phenoxy) is 2. The Labute approximate surface area is 150 Å². The van der Waals surface area contributed by atoms with E-state index in [0.717, 1.165) is 24.5 Å². The van der Waals surface area contributed by atoms with E-state index >= 15 is 0 Å². The van der Waals surface area contributed by atoms with Gasteiger partial charge in [-0.25, -0.2) is 4.58 Å². The lowest BCUT2D eigenvalue weighted by molar-refractivity contribution is -0.569. The van der Waals surface area contributed by atoms with Gasteiger partial charge in [0.05, 0.1) is 19.8 Å². The van der Waals surface area contributed by atoms with Crippen LogP contribution in [-0.2, 0) is 6.42 Å². The van der Waals surface area contributed by atoms with Crippen LogP contribution >= 0.6 is 0 Å². The average Bonchev–Trinajstić information content (AvgIpc) is 2.61. The molecule has 0 radical (unpaired) electrons. The molecule has 0 fully saturated rings. The lowest BCUT2D eigenvalue weighted by Crippen LogP contribution is -3.00. The van der Waals surface area contributed by atoms with Crippen LogP contribution in [0.4, 0.5) is 0 Å². The summed E-state index contributed by atoms with van der Waals surface area (Å²) in [4.78, 5) is 0. The van der Waals surface area contributed by atoms with Gasteiger partial charge in [-0.2, -0.15) is 0 Å². The third-order valence-electron chi connectivity index (χ3n) is 4.78. The number of methoxy groups -OCH3 is 2. The predicted octanol–water partition coefficient (Wildman–Crippen LogP) is 0.847. The first-order valence-electron chi connectivity index (χ1n) is 8.06. The van der Waals surface area contributed by atoms with Crippen LogP contribution in [0.2, 0.25) is 0 Å². The molecule has 0 spiro atoms. The lowest BCUT2D eigenvalue weighted by Gasteiger charge is -2.23. The fraction of sp³-hybridized carbons (Fsp3) is 0.350. The zero-order chi connectivity index (χ0) is 16.4. The van der Waals surface area contributed by atoms with Gasteiger partial charge in [-0.05, 0) is 11.6 Å². The molecule has 0 amide bonds. The van der Waals surface area contributed by atoms with Crippen LogP contribution in [-0.4, -0.2) is 31.1 Å². The average molecular weight is 346 g/mol. The monoisotopic (exact) mass is 345 g/mol. The second-order valence-corrected chi connectivity index (χ2v) is 5.98. The first-order valence-corrected chi connectivity index (χ1v) is 8.06. The zero-order valence-electron chi connectivity index (χ0n) is 14.7. The maximum atomic E-state index is 5.63. The Bertz CT molecular complexity index is 741. The number of hydrogen-bond acceptors (Lipinski definition) is 2. The molecule has 128 valence electrons. The summed E-state index contributed by atoms with van der Waals surface area (Å²) in [6, 6.07) is 15.1. The van der Waals surface area contributed by atoms with Gasteiger partial charge < -0.3 is 21.9 Å². The van der Waals surface area contributed by atoms with Gasteiger partial charge in [-0.1, -0.05) is 30.3 Å². The standard InChI is InChI=1S/C20H24NO2.ClH/c1-14(16-8-6-5-7-9-16)21-11-10-17-12-18(22-3)13-19(23-4)20(17)15(21)2;/h5-9,12-14H,10-11H2,1-4H3;1H/q+1;/p-1/t14-;/m1./s1. The van der Waals surface area contributed by atoms with Crippen LogP contribution < -0.4 is 21.9 Å². The Morgan fingerprint density at radius 1 is 1.04 bits per heavy atom. The summed E-state index contributed by atoms with van der Waals surface area (Å²) < 4.78 is 13.5. The van der Waals surface area contributed by atoms with E-state index in [-0.39, 0.29) is 12.4 Å². The largest absolute Gasteiger partial charge is 1.00 e. The molecule has 0 saturated carbocycles. The lowest BCUT2D eigenvalue weighted by atomic mass is 9.94. The quantitative estimate of drug-likeness (QED) is 0.766. The molecule has 1 aliphatic rings. The molecule has 2 aromatic rings. The first-order chi connectivity index (χ1) is 11.2. The van der Waals surface area contributed by atoms with Gasteiger partial charge in [-0.3, -0.25) is 0 Å². The molecule has 1 heterocycles. The van der Waals surface area contributed by atoms with E-state index < -0.39 is 0 Å². The third-order valence-corrected chi connectivity index (χ3v) is 4.78. The van der Waals surface area contributed by atoms with Gasteiger partial charge in [0.15, 0.2) is 11.8 Å². The predicted molar refractivity (Wildman–Crippen MR) is 93.0 cm³/mol. The molecule has 0 N–H and O–H groups in total. The van der Waals surface area contributed by atoms with Crippen LogP contribution in [0.25, 0.3) is 0 Å². The van der Waals surface area contributed by atoms with Crippen molar-refractivity contribution in [1.82, 2.24) is 0 Å². The molecule has 0 aliphatic carbocycles. The SMILES string of the molecule is COc1cc2c(c(OC)c1)C(C)=[N+]([C@H](C)c1ccccc1)CC2.[Cl-]. The second kappa shape index (κ2) is 7.71. The first kappa shape index (κ1) is 18.3. The van der Waals surface area contributed by atoms with Crippen molar-refractivity contribution in [2.75, 3.05) is 20.8 Å². The van der Waals surface area contributed by atoms with E-state index in [9.17, 15) is 0 Å². The highest BCUT2D eigenvalue weighted by atomic mass is 35.5. The number of halogens is 1. The molecule has 3 nitrogen and oxygen atoms in total. The van der Waals surface area contributed by atoms with Gasteiger partial charge in [0.25, 0.3) is 0 Å². The third kappa shape index (κ3) is 3.27. The summed E-state index contributed by atoms with van der Waals surface area (Å²) in [5.41, 5.74) is 5.11. The van der Waals surface area contributed by atoms with Crippen molar-refractivity contribution in [3.8, 4) is 11.5 Å². The van der Waals surface area contributed by atoms with Gasteiger partial charge in [0.1, 0.15) is 18.0 Å². The van der Waals surface area contributed by atoms with Crippen molar-refractivity contribution in [3.05, 3.63) is 59.2 Å². The Morgan fingerprint density at radius 2 is 1.75 bits per heavy atom. The maximum Gasteiger partial charge on any atom is 0.184 e. The maximum absolute atomic E-state index is 5.63. The van der Waals surface area contributed by atoms with Crippen LogP contribution in [0.3, 0.4) is 0 Å². The number of nitrogens with zero attached hydrogens (tertiary/aromatic N) is 1. The normalized spacial score (nSPS) is 14.5. The van der Waals surface area contributed by atoms with E-state index in [1.165, 1.54) is 22.4 Å². The molecule has 1 atom stereocenters. The van der Waals surface area contributed by atoms with Crippen molar-refractivity contribution < 1.29 is 26.5 Å². The summed E-state index contributed by atoms with van der Waals surface area (Å²) in [6.07, 6.45) is 0.997. The molecular weight excluding hydrogens is 322 g/mol. The van der Waals surface area contributed by atoms with Crippen molar-refractivity contribution in [2.24, 2.45) is 0 Å². The van der Waals surface area contributed by atoms with Crippen LogP contribution in [0.15, 0.2) is 42.5 Å². The summed E-state index contributed by atoms with van der Waals surface area (Å²) in [5.74, 6) is 1.75. The fourth-order valence-corrected chi connectivity index (χ4v) is 3.48. The minimum Gasteiger partial charge on any atom is -1.00 e. The topological polar surface area (TPSA) is 21.5 Å². The molecule has 0 saturated heterocycles. The summed E-state index contributed by atoms with van der Waals surface area (Å²) >= 11 is 0. The molecule has 0 unspecified atom stereocenters. The zero-order valence-corrected chi connectivity index (χ0v) is 15.4. The molecule has 1 aliphatic heterocycles. The minimum absolute atomic E-state index is 0. The number of rotatable bonds is 4. The Kier molecular flexibility index (Phi) is 5.89. The molecule has 4 heteroatoms.